The summed E-state index contributed by atoms with van der Waals surface area (Å²) < 4.78 is 64.7. The molecule has 0 unspecified atom stereocenters. The van der Waals surface area contributed by atoms with Crippen LogP contribution in [-0.4, -0.2) is 73.8 Å². The van der Waals surface area contributed by atoms with Crippen LogP contribution in [0.2, 0.25) is 0 Å². The van der Waals surface area contributed by atoms with Crippen LogP contribution >= 0.6 is 0 Å². The van der Waals surface area contributed by atoms with Gasteiger partial charge in [-0.05, 0) is 68.4 Å². The number of halogens is 3. The number of methoxy groups -OCH3 is 1. The van der Waals surface area contributed by atoms with Gasteiger partial charge in [-0.15, -0.1) is 0 Å². The van der Waals surface area contributed by atoms with Gasteiger partial charge in [0, 0.05) is 36.7 Å². The molecule has 4 N–H and O–H groups in total. The Balaban J connectivity index is 0.000000559. The summed E-state index contributed by atoms with van der Waals surface area (Å²) in [5.74, 6) is -1.01. The van der Waals surface area contributed by atoms with Crippen molar-refractivity contribution in [3.8, 4) is 5.75 Å². The summed E-state index contributed by atoms with van der Waals surface area (Å²) in [5, 5.41) is 13.4. The fourth-order valence-electron chi connectivity index (χ4n) is 3.61. The van der Waals surface area contributed by atoms with Crippen LogP contribution in [0.25, 0.3) is 0 Å². The fraction of sp³-hybridized carbons (Fsp3) is 0.320. The maximum atomic E-state index is 12.5. The average Bonchev–Trinajstić information content (AvgIpc) is 3.43. The number of carbonyl (C=O) groups is 1. The molecule has 0 amide bonds. The number of aliphatic carboxylic acids is 1. The molecule has 1 aliphatic rings. The van der Waals surface area contributed by atoms with Crippen molar-refractivity contribution in [1.29, 1.82) is 0 Å². The van der Waals surface area contributed by atoms with Gasteiger partial charge in [-0.2, -0.15) is 18.2 Å². The Labute approximate surface area is 229 Å². The third-order valence-electron chi connectivity index (χ3n) is 5.58. The van der Waals surface area contributed by atoms with Crippen LogP contribution in [0.4, 0.5) is 36.3 Å². The molecule has 1 aliphatic heterocycles. The van der Waals surface area contributed by atoms with Gasteiger partial charge >= 0.3 is 12.1 Å². The highest BCUT2D eigenvalue weighted by atomic mass is 32.2. The third kappa shape index (κ3) is 9.66. The number of carboxylic acids is 1. The number of hydrogen-bond acceptors (Lipinski definition) is 9. The zero-order valence-corrected chi connectivity index (χ0v) is 22.3. The van der Waals surface area contributed by atoms with Crippen LogP contribution in [0.1, 0.15) is 12.8 Å². The summed E-state index contributed by atoms with van der Waals surface area (Å²) in [6.45, 7) is 3.22. The standard InChI is InChI=1S/C23H28N6O3S.C2HF3O2/c1-32-20-6-4-5-19(17-20)26-22-11-12-24-23(28-22)27-18-7-9-21(10-8-18)33(30,31)25-13-16-29-14-2-3-15-29;3-2(4,5)1(6)7/h4-12,17,25H,2-3,13-16H2,1H3,(H2,24,26,27,28);(H,6,7). The first kappa shape index (κ1) is 30.6. The predicted molar refractivity (Wildman–Crippen MR) is 143 cm³/mol. The number of benzene rings is 2. The molecule has 216 valence electrons. The summed E-state index contributed by atoms with van der Waals surface area (Å²) in [5.41, 5.74) is 1.52. The molecular formula is C25H29F3N6O5S. The molecule has 0 aliphatic carbocycles. The van der Waals surface area contributed by atoms with Crippen LogP contribution in [0, 0.1) is 0 Å². The van der Waals surface area contributed by atoms with Gasteiger partial charge in [0.25, 0.3) is 0 Å². The second-order valence-electron chi connectivity index (χ2n) is 8.52. The highest BCUT2D eigenvalue weighted by molar-refractivity contribution is 7.89. The van der Waals surface area contributed by atoms with Crippen LogP contribution in [0.5, 0.6) is 5.75 Å². The Morgan fingerprint density at radius 3 is 2.35 bits per heavy atom. The minimum absolute atomic E-state index is 0.226. The lowest BCUT2D eigenvalue weighted by molar-refractivity contribution is -0.192. The molecule has 11 nitrogen and oxygen atoms in total. The molecule has 40 heavy (non-hydrogen) atoms. The second-order valence-corrected chi connectivity index (χ2v) is 10.3. The van der Waals surface area contributed by atoms with E-state index in [0.717, 1.165) is 31.1 Å². The quantitative estimate of drug-likeness (QED) is 0.277. The number of nitrogens with zero attached hydrogens (tertiary/aromatic N) is 3. The number of aromatic nitrogens is 2. The van der Waals surface area contributed by atoms with Crippen molar-refractivity contribution in [2.45, 2.75) is 23.9 Å². The van der Waals surface area contributed by atoms with Gasteiger partial charge in [-0.1, -0.05) is 6.07 Å². The third-order valence-corrected chi connectivity index (χ3v) is 7.06. The van der Waals surface area contributed by atoms with Gasteiger partial charge in [0.1, 0.15) is 11.6 Å². The van der Waals surface area contributed by atoms with Gasteiger partial charge in [-0.3, -0.25) is 0 Å². The number of rotatable bonds is 10. The van der Waals surface area contributed by atoms with E-state index in [1.165, 1.54) is 12.8 Å². The van der Waals surface area contributed by atoms with Gasteiger partial charge in [-0.25, -0.2) is 22.9 Å². The number of nitrogens with one attached hydrogen (secondary N) is 3. The zero-order chi connectivity index (χ0) is 29.2. The Morgan fingerprint density at radius 2 is 1.73 bits per heavy atom. The van der Waals surface area contributed by atoms with E-state index in [-0.39, 0.29) is 4.90 Å². The van der Waals surface area contributed by atoms with E-state index in [2.05, 4.69) is 30.2 Å². The first-order chi connectivity index (χ1) is 19.0. The molecule has 2 aromatic carbocycles. The summed E-state index contributed by atoms with van der Waals surface area (Å²) in [7, 11) is -1.93. The molecule has 0 bridgehead atoms. The molecule has 4 rings (SSSR count). The molecule has 3 aromatic rings. The van der Waals surface area contributed by atoms with E-state index < -0.39 is 22.2 Å². The van der Waals surface area contributed by atoms with Crippen LogP contribution in [0.3, 0.4) is 0 Å². The molecular weight excluding hydrogens is 553 g/mol. The number of carboxylic acid groups (broad SMARTS) is 1. The number of hydrogen-bond donors (Lipinski definition) is 4. The van der Waals surface area contributed by atoms with E-state index in [0.29, 0.717) is 24.0 Å². The monoisotopic (exact) mass is 582 g/mol. The van der Waals surface area contributed by atoms with Gasteiger partial charge in [0.15, 0.2) is 0 Å². The smallest absolute Gasteiger partial charge is 0.490 e. The van der Waals surface area contributed by atoms with Crippen LogP contribution in [0.15, 0.2) is 65.7 Å². The summed E-state index contributed by atoms with van der Waals surface area (Å²) in [4.78, 5) is 20.1. The van der Waals surface area contributed by atoms with Crippen molar-refractivity contribution in [2.24, 2.45) is 0 Å². The molecule has 0 radical (unpaired) electrons. The minimum atomic E-state index is -5.08. The highest BCUT2D eigenvalue weighted by Crippen LogP contribution is 2.22. The summed E-state index contributed by atoms with van der Waals surface area (Å²) in [6, 6.07) is 15.8. The van der Waals surface area contributed by atoms with E-state index in [1.807, 2.05) is 24.3 Å². The van der Waals surface area contributed by atoms with E-state index in [9.17, 15) is 21.6 Å². The lowest BCUT2D eigenvalue weighted by atomic mass is 10.3. The van der Waals surface area contributed by atoms with Crippen molar-refractivity contribution in [1.82, 2.24) is 19.6 Å². The van der Waals surface area contributed by atoms with Crippen molar-refractivity contribution in [3.05, 3.63) is 60.8 Å². The lowest BCUT2D eigenvalue weighted by Gasteiger charge is -2.15. The molecule has 2 heterocycles. The topological polar surface area (TPSA) is 146 Å². The zero-order valence-electron chi connectivity index (χ0n) is 21.5. The first-order valence-corrected chi connectivity index (χ1v) is 13.6. The predicted octanol–water partition coefficient (Wildman–Crippen LogP) is 3.98. The molecule has 0 saturated carbocycles. The van der Waals surface area contributed by atoms with Crippen molar-refractivity contribution in [2.75, 3.05) is 43.9 Å². The molecule has 15 heteroatoms. The second kappa shape index (κ2) is 13.9. The molecule has 0 spiro atoms. The summed E-state index contributed by atoms with van der Waals surface area (Å²) in [6.07, 6.45) is -1.07. The van der Waals surface area contributed by atoms with Crippen molar-refractivity contribution < 1.29 is 36.2 Å². The Morgan fingerprint density at radius 1 is 1.05 bits per heavy atom. The molecule has 1 aromatic heterocycles. The van der Waals surface area contributed by atoms with Gasteiger partial charge < -0.3 is 25.4 Å². The molecule has 1 fully saturated rings. The maximum absolute atomic E-state index is 12.5. The van der Waals surface area contributed by atoms with E-state index in [4.69, 9.17) is 14.6 Å². The SMILES string of the molecule is COc1cccc(Nc2ccnc(Nc3ccc(S(=O)(=O)NCCN4CCCC4)cc3)n2)c1.O=C(O)C(F)(F)F. The Hall–Kier alpha value is -3.95. The number of anilines is 4. The number of alkyl halides is 3. The van der Waals surface area contributed by atoms with E-state index in [1.54, 1.807) is 43.6 Å². The normalized spacial score (nSPS) is 13.7. The molecule has 0 atom stereocenters. The Bertz CT molecular complexity index is 1370. The largest absolute Gasteiger partial charge is 0.497 e. The Kier molecular flexibility index (Phi) is 10.6. The van der Waals surface area contributed by atoms with E-state index >= 15 is 0 Å². The number of sulfonamides is 1. The van der Waals surface area contributed by atoms with Crippen LogP contribution < -0.4 is 20.1 Å². The average molecular weight is 583 g/mol. The maximum Gasteiger partial charge on any atom is 0.490 e. The molecule has 1 saturated heterocycles. The van der Waals surface area contributed by atoms with Gasteiger partial charge in [0.2, 0.25) is 16.0 Å². The first-order valence-electron chi connectivity index (χ1n) is 12.1. The number of likely N-dealkylation sites (tertiary alicyclic amines) is 1. The lowest BCUT2D eigenvalue weighted by Crippen LogP contribution is -2.33. The number of ether oxygens (including phenoxy) is 1. The van der Waals surface area contributed by atoms with Crippen molar-refractivity contribution >= 4 is 39.1 Å². The minimum Gasteiger partial charge on any atom is -0.497 e. The summed E-state index contributed by atoms with van der Waals surface area (Å²) >= 11 is 0. The fourth-order valence-corrected chi connectivity index (χ4v) is 4.63. The van der Waals surface area contributed by atoms with Crippen LogP contribution in [-0.2, 0) is 14.8 Å². The van der Waals surface area contributed by atoms with Crippen molar-refractivity contribution in [3.63, 3.8) is 0 Å². The van der Waals surface area contributed by atoms with Gasteiger partial charge in [0.05, 0.1) is 12.0 Å². The highest BCUT2D eigenvalue weighted by Gasteiger charge is 2.38.